The molecular formula is C24H23N5O3S. The molecular weight excluding hydrogens is 438 g/mol. The van der Waals surface area contributed by atoms with Crippen LogP contribution in [0.3, 0.4) is 0 Å². The van der Waals surface area contributed by atoms with Crippen molar-refractivity contribution in [2.75, 3.05) is 23.8 Å². The van der Waals surface area contributed by atoms with Gasteiger partial charge in [-0.1, -0.05) is 24.3 Å². The van der Waals surface area contributed by atoms with Gasteiger partial charge in [-0.05, 0) is 41.8 Å². The lowest BCUT2D eigenvalue weighted by molar-refractivity contribution is -0.117. The van der Waals surface area contributed by atoms with E-state index in [0.29, 0.717) is 34.1 Å². The van der Waals surface area contributed by atoms with Gasteiger partial charge in [0.25, 0.3) is 11.8 Å². The summed E-state index contributed by atoms with van der Waals surface area (Å²) in [7, 11) is 1.70. The fraction of sp³-hybridized carbons (Fsp3) is 0.167. The second kappa shape index (κ2) is 9.76. The summed E-state index contributed by atoms with van der Waals surface area (Å²) < 4.78 is 1.79. The molecule has 0 aliphatic rings. The van der Waals surface area contributed by atoms with Gasteiger partial charge in [0.2, 0.25) is 5.95 Å². The molecule has 3 N–H and O–H groups in total. The number of hydrogen-bond acceptors (Lipinski definition) is 6. The van der Waals surface area contributed by atoms with Crippen molar-refractivity contribution < 1.29 is 14.4 Å². The van der Waals surface area contributed by atoms with Gasteiger partial charge in [0.15, 0.2) is 0 Å². The van der Waals surface area contributed by atoms with Crippen molar-refractivity contribution in [1.82, 2.24) is 9.55 Å². The number of nitrogens with one attached hydrogen (secondary N) is 1. The van der Waals surface area contributed by atoms with Gasteiger partial charge < -0.3 is 15.2 Å². The summed E-state index contributed by atoms with van der Waals surface area (Å²) in [5, 5.41) is 4.66. The van der Waals surface area contributed by atoms with Gasteiger partial charge in [-0.3, -0.25) is 19.7 Å². The maximum absolute atomic E-state index is 12.8. The molecule has 2 amide bonds. The number of nitrogens with two attached hydrogens (primary N) is 1. The van der Waals surface area contributed by atoms with E-state index in [9.17, 15) is 14.4 Å². The first-order chi connectivity index (χ1) is 16.0. The number of benzene rings is 2. The molecule has 0 radical (unpaired) electrons. The molecule has 9 heteroatoms. The number of aryl methyl sites for hydroxylation is 1. The fourth-order valence-electron chi connectivity index (χ4n) is 3.45. The zero-order valence-electron chi connectivity index (χ0n) is 18.0. The summed E-state index contributed by atoms with van der Waals surface area (Å²) in [5.74, 6) is -0.169. The number of carbonyl (C=O) groups is 3. The molecule has 4 rings (SSSR count). The van der Waals surface area contributed by atoms with Crippen molar-refractivity contribution in [1.29, 1.82) is 0 Å². The van der Waals surface area contributed by atoms with Crippen molar-refractivity contribution >= 4 is 51.6 Å². The lowest BCUT2D eigenvalue weighted by atomic mass is 10.2. The standard InChI is InChI=1S/C24H23N5O3S/c1-28(23(32)16-6-3-2-4-7-16)17-9-10-20-19(14-17)26-24(29(20)12-11-18(30)15-25)27-22(31)21-8-5-13-33-21/h2-10,13-14H,11-12,15,25H2,1H3,(H,26,27,31). The van der Waals surface area contributed by atoms with E-state index in [4.69, 9.17) is 5.73 Å². The summed E-state index contributed by atoms with van der Waals surface area (Å²) in [6.07, 6.45) is 0.220. The normalized spacial score (nSPS) is 10.8. The van der Waals surface area contributed by atoms with E-state index in [1.807, 2.05) is 35.7 Å². The zero-order chi connectivity index (χ0) is 23.4. The number of nitrogens with zero attached hydrogens (tertiary/aromatic N) is 3. The van der Waals surface area contributed by atoms with Gasteiger partial charge in [-0.2, -0.15) is 0 Å². The number of imidazole rings is 1. The molecule has 168 valence electrons. The summed E-state index contributed by atoms with van der Waals surface area (Å²) in [6.45, 7) is 0.283. The first kappa shape index (κ1) is 22.4. The molecule has 4 aromatic rings. The van der Waals surface area contributed by atoms with Crippen LogP contribution < -0.4 is 16.0 Å². The highest BCUT2D eigenvalue weighted by Crippen LogP contribution is 2.26. The molecule has 2 aromatic carbocycles. The molecule has 0 aliphatic heterocycles. The third kappa shape index (κ3) is 4.84. The van der Waals surface area contributed by atoms with Crippen LogP contribution in [0.2, 0.25) is 0 Å². The second-order valence-corrected chi connectivity index (χ2v) is 8.36. The van der Waals surface area contributed by atoms with E-state index in [0.717, 1.165) is 5.52 Å². The largest absolute Gasteiger partial charge is 0.324 e. The number of ketones is 1. The Morgan fingerprint density at radius 3 is 2.58 bits per heavy atom. The number of thiophene rings is 1. The van der Waals surface area contributed by atoms with E-state index in [1.54, 1.807) is 46.8 Å². The van der Waals surface area contributed by atoms with Crippen molar-refractivity contribution in [3.05, 3.63) is 76.5 Å². The van der Waals surface area contributed by atoms with Crippen molar-refractivity contribution in [2.45, 2.75) is 13.0 Å². The molecule has 0 unspecified atom stereocenters. The maximum Gasteiger partial charge on any atom is 0.268 e. The number of amides is 2. The minimum absolute atomic E-state index is 0.0416. The minimum atomic E-state index is -0.275. The molecule has 0 saturated heterocycles. The molecule has 8 nitrogen and oxygen atoms in total. The van der Waals surface area contributed by atoms with Gasteiger partial charge >= 0.3 is 0 Å². The Morgan fingerprint density at radius 2 is 1.88 bits per heavy atom. The monoisotopic (exact) mass is 461 g/mol. The lowest BCUT2D eigenvalue weighted by Gasteiger charge is -2.17. The Labute approximate surface area is 194 Å². The molecule has 0 spiro atoms. The molecule has 0 fully saturated rings. The highest BCUT2D eigenvalue weighted by atomic mass is 32.1. The summed E-state index contributed by atoms with van der Waals surface area (Å²) >= 11 is 1.33. The summed E-state index contributed by atoms with van der Waals surface area (Å²) in [6, 6.07) is 18.0. The Hall–Kier alpha value is -3.82. The topological polar surface area (TPSA) is 110 Å². The molecule has 0 bridgehead atoms. The number of rotatable bonds is 8. The van der Waals surface area contributed by atoms with Crippen LogP contribution in [0.5, 0.6) is 0 Å². The zero-order valence-corrected chi connectivity index (χ0v) is 18.8. The highest BCUT2D eigenvalue weighted by Gasteiger charge is 2.18. The maximum atomic E-state index is 12.8. The Balaban J connectivity index is 1.67. The van der Waals surface area contributed by atoms with E-state index < -0.39 is 0 Å². The van der Waals surface area contributed by atoms with Crippen LogP contribution in [-0.2, 0) is 11.3 Å². The molecule has 0 aliphatic carbocycles. The predicted octanol–water partition coefficient (Wildman–Crippen LogP) is 3.54. The van der Waals surface area contributed by atoms with E-state index in [-0.39, 0.29) is 30.6 Å². The van der Waals surface area contributed by atoms with Gasteiger partial charge in [-0.25, -0.2) is 4.98 Å². The van der Waals surface area contributed by atoms with Gasteiger partial charge in [0, 0.05) is 31.3 Å². The Morgan fingerprint density at radius 1 is 1.09 bits per heavy atom. The number of fused-ring (bicyclic) bond motifs is 1. The van der Waals surface area contributed by atoms with Crippen molar-refractivity contribution in [3.8, 4) is 0 Å². The molecule has 2 heterocycles. The molecule has 0 saturated carbocycles. The van der Waals surface area contributed by atoms with Crippen molar-refractivity contribution in [3.63, 3.8) is 0 Å². The molecule has 0 atom stereocenters. The highest BCUT2D eigenvalue weighted by molar-refractivity contribution is 7.12. The van der Waals surface area contributed by atoms with Gasteiger partial charge in [0.1, 0.15) is 5.78 Å². The van der Waals surface area contributed by atoms with Gasteiger partial charge in [0.05, 0.1) is 22.5 Å². The average molecular weight is 462 g/mol. The van der Waals surface area contributed by atoms with Crippen LogP contribution in [-0.4, -0.2) is 40.7 Å². The Bertz CT molecular complexity index is 1300. The fourth-order valence-corrected chi connectivity index (χ4v) is 4.07. The third-order valence-corrected chi connectivity index (χ3v) is 6.13. The van der Waals surface area contributed by atoms with E-state index >= 15 is 0 Å². The van der Waals surface area contributed by atoms with Crippen LogP contribution in [0.25, 0.3) is 11.0 Å². The Kier molecular flexibility index (Phi) is 6.62. The van der Waals surface area contributed by atoms with Crippen LogP contribution in [0.4, 0.5) is 11.6 Å². The number of Topliss-reactive ketones (excluding diaryl/α,β-unsaturated/α-hetero) is 1. The quantitative estimate of drug-likeness (QED) is 0.417. The summed E-state index contributed by atoms with van der Waals surface area (Å²) in [5.41, 5.74) is 8.04. The molecule has 2 aromatic heterocycles. The first-order valence-corrected chi connectivity index (χ1v) is 11.3. The van der Waals surface area contributed by atoms with E-state index in [1.165, 1.54) is 11.3 Å². The smallest absolute Gasteiger partial charge is 0.268 e. The minimum Gasteiger partial charge on any atom is -0.324 e. The van der Waals surface area contributed by atoms with E-state index in [2.05, 4.69) is 10.3 Å². The summed E-state index contributed by atoms with van der Waals surface area (Å²) in [4.78, 5) is 44.0. The van der Waals surface area contributed by atoms with Crippen LogP contribution in [0.15, 0.2) is 66.0 Å². The number of anilines is 2. The van der Waals surface area contributed by atoms with Crippen LogP contribution in [0, 0.1) is 0 Å². The van der Waals surface area contributed by atoms with Crippen LogP contribution >= 0.6 is 11.3 Å². The number of carbonyl (C=O) groups excluding carboxylic acids is 3. The van der Waals surface area contributed by atoms with Crippen LogP contribution in [0.1, 0.15) is 26.5 Å². The van der Waals surface area contributed by atoms with Crippen molar-refractivity contribution in [2.24, 2.45) is 5.73 Å². The first-order valence-electron chi connectivity index (χ1n) is 10.4. The SMILES string of the molecule is CN(C(=O)c1ccccc1)c1ccc2c(c1)nc(NC(=O)c1cccs1)n2CCC(=O)CN. The predicted molar refractivity (Wildman–Crippen MR) is 130 cm³/mol. The van der Waals surface area contributed by atoms with Gasteiger partial charge in [-0.15, -0.1) is 11.3 Å². The lowest BCUT2D eigenvalue weighted by Crippen LogP contribution is -2.26. The average Bonchev–Trinajstić information content (AvgIpc) is 3.50. The third-order valence-electron chi connectivity index (χ3n) is 5.26. The number of hydrogen-bond donors (Lipinski definition) is 2. The molecule has 33 heavy (non-hydrogen) atoms. The second-order valence-electron chi connectivity index (χ2n) is 7.41. The number of aromatic nitrogens is 2.